The van der Waals surface area contributed by atoms with Gasteiger partial charge in [0, 0.05) is 0 Å². The fourth-order valence-corrected chi connectivity index (χ4v) is 5.66. The minimum atomic E-state index is -2.34. The molecule has 0 saturated carbocycles. The number of nitrogens with zero attached hydrogens (tertiary/aromatic N) is 1. The molecule has 0 bridgehead atoms. The van der Waals surface area contributed by atoms with E-state index in [-0.39, 0.29) is 11.1 Å². The summed E-state index contributed by atoms with van der Waals surface area (Å²) in [6.45, 7) is 1.29. The van der Waals surface area contributed by atoms with E-state index in [0.29, 0.717) is 5.69 Å². The monoisotopic (exact) mass is 351 g/mol. The fourth-order valence-electron chi connectivity index (χ4n) is 2.34. The molecule has 0 aliphatic heterocycles. The van der Waals surface area contributed by atoms with Crippen molar-refractivity contribution in [3.63, 3.8) is 0 Å². The van der Waals surface area contributed by atoms with Gasteiger partial charge in [-0.25, -0.2) is 0 Å². The van der Waals surface area contributed by atoms with Gasteiger partial charge in [-0.3, -0.25) is 0 Å². The van der Waals surface area contributed by atoms with Crippen LogP contribution in [0.25, 0.3) is 11.3 Å². The second-order valence-electron chi connectivity index (χ2n) is 6.56. The van der Waals surface area contributed by atoms with Crippen molar-refractivity contribution < 1.29 is 9.87 Å². The number of benzene rings is 1. The maximum atomic E-state index is 14.5. The van der Waals surface area contributed by atoms with Crippen LogP contribution in [0.3, 0.4) is 0 Å². The molecular weight excluding hydrogens is 322 g/mol. The molecule has 0 amide bonds. The molecule has 0 fully saturated rings. The summed E-state index contributed by atoms with van der Waals surface area (Å²) in [7, 11) is 0. The number of aromatic nitrogens is 1. The van der Waals surface area contributed by atoms with Crippen LogP contribution in [0.1, 0.15) is 36.4 Å². The van der Waals surface area contributed by atoms with Gasteiger partial charge < -0.3 is 0 Å². The van der Waals surface area contributed by atoms with Crippen molar-refractivity contribution in [2.75, 3.05) is 0 Å². The first-order valence-corrected chi connectivity index (χ1v) is 14.4. The van der Waals surface area contributed by atoms with Crippen molar-refractivity contribution in [1.82, 2.24) is 4.98 Å². The molecule has 1 aromatic heterocycles. The summed E-state index contributed by atoms with van der Waals surface area (Å²) in [5.41, 5.74) is 1.52. The Kier molecular flexibility index (Phi) is 3.22. The van der Waals surface area contributed by atoms with Gasteiger partial charge >= 0.3 is 135 Å². The van der Waals surface area contributed by atoms with Crippen LogP contribution >= 0.6 is 0 Å². The van der Waals surface area contributed by atoms with Crippen LogP contribution in [-0.4, -0.2) is 18.3 Å². The van der Waals surface area contributed by atoms with E-state index in [1.54, 1.807) is 12.3 Å². The van der Waals surface area contributed by atoms with Crippen LogP contribution in [0.5, 0.6) is 0 Å². The molecular formula is C18H24FGeN. The molecule has 0 saturated heterocycles. The molecule has 0 radical (unpaired) electrons. The zero-order chi connectivity index (χ0) is 19.2. The third-order valence-electron chi connectivity index (χ3n) is 3.50. The normalized spacial score (nSPS) is 15.9. The third kappa shape index (κ3) is 3.54. The van der Waals surface area contributed by atoms with E-state index < -0.39 is 31.8 Å². The Morgan fingerprint density at radius 3 is 2.48 bits per heavy atom. The molecule has 0 unspecified atom stereocenters. The SMILES string of the molecule is [2H]C([2H])([2H])c1ccc(-c2cc(C([2H])(C)C)[c]([Ge]([CH3])([CH3])[CH3])cn2)c(F)c1. The first-order valence-electron chi connectivity index (χ1n) is 9.02. The second-order valence-corrected chi connectivity index (χ2v) is 17.1. The fraction of sp³-hybridized carbons (Fsp3) is 0.389. The van der Waals surface area contributed by atoms with E-state index >= 15 is 0 Å². The van der Waals surface area contributed by atoms with Crippen LogP contribution in [0.15, 0.2) is 30.5 Å². The third-order valence-corrected chi connectivity index (χ3v) is 7.72. The van der Waals surface area contributed by atoms with E-state index in [9.17, 15) is 4.39 Å². The molecule has 1 nitrogen and oxygen atoms in total. The van der Waals surface area contributed by atoms with E-state index in [4.69, 9.17) is 5.48 Å². The standard InChI is InChI=1S/C18H24FGeN/c1-12(2)15-10-18(21-11-17(15)20(4,5)6)14-8-7-13(3)9-16(14)19/h7-12H,1-6H3/i3D3,12D. The van der Waals surface area contributed by atoms with Crippen LogP contribution in [0.4, 0.5) is 4.39 Å². The first-order chi connectivity index (χ1) is 11.2. The van der Waals surface area contributed by atoms with Gasteiger partial charge in [0.1, 0.15) is 0 Å². The number of hydrogen-bond donors (Lipinski definition) is 0. The molecule has 0 atom stereocenters. The van der Waals surface area contributed by atoms with Gasteiger partial charge in [-0.15, -0.1) is 0 Å². The van der Waals surface area contributed by atoms with E-state index in [1.165, 1.54) is 12.1 Å². The summed E-state index contributed by atoms with van der Waals surface area (Å²) in [6, 6.07) is 5.70. The Morgan fingerprint density at radius 1 is 1.24 bits per heavy atom. The predicted octanol–water partition coefficient (Wildman–Crippen LogP) is 4.86. The summed E-state index contributed by atoms with van der Waals surface area (Å²) in [4.78, 5) is 4.43. The van der Waals surface area contributed by atoms with Gasteiger partial charge in [0.15, 0.2) is 0 Å². The van der Waals surface area contributed by atoms with Crippen molar-refractivity contribution in [1.29, 1.82) is 0 Å². The number of hydrogen-bond acceptors (Lipinski definition) is 1. The van der Waals surface area contributed by atoms with Crippen LogP contribution in [0, 0.1) is 12.7 Å². The summed E-state index contributed by atoms with van der Waals surface area (Å²) in [6.07, 6.45) is 1.78. The van der Waals surface area contributed by atoms with Gasteiger partial charge in [-0.05, 0) is 0 Å². The average molecular weight is 350 g/mol. The van der Waals surface area contributed by atoms with Gasteiger partial charge in [0.2, 0.25) is 0 Å². The van der Waals surface area contributed by atoms with E-state index in [2.05, 4.69) is 22.3 Å². The van der Waals surface area contributed by atoms with Gasteiger partial charge in [0.25, 0.3) is 0 Å². The summed E-state index contributed by atoms with van der Waals surface area (Å²) < 4.78 is 46.3. The van der Waals surface area contributed by atoms with E-state index in [1.807, 2.05) is 13.8 Å². The predicted molar refractivity (Wildman–Crippen MR) is 91.4 cm³/mol. The summed E-state index contributed by atoms with van der Waals surface area (Å²) >= 11 is -2.24. The Hall–Kier alpha value is -1.16. The van der Waals surface area contributed by atoms with Gasteiger partial charge in [-0.2, -0.15) is 0 Å². The zero-order valence-corrected chi connectivity index (χ0v) is 15.3. The Bertz CT molecular complexity index is 789. The quantitative estimate of drug-likeness (QED) is 0.721. The molecule has 0 aliphatic carbocycles. The number of aryl methyl sites for hydroxylation is 1. The maximum absolute atomic E-state index is 14.5. The molecule has 1 aromatic carbocycles. The topological polar surface area (TPSA) is 12.9 Å². The Labute approximate surface area is 135 Å². The van der Waals surface area contributed by atoms with E-state index in [0.717, 1.165) is 16.0 Å². The number of pyridine rings is 1. The number of halogens is 1. The van der Waals surface area contributed by atoms with Crippen LogP contribution in [-0.2, 0) is 0 Å². The molecule has 0 spiro atoms. The molecule has 2 aromatic rings. The molecule has 0 N–H and O–H groups in total. The van der Waals surface area contributed by atoms with Crippen molar-refractivity contribution in [3.8, 4) is 11.3 Å². The van der Waals surface area contributed by atoms with Crippen molar-refractivity contribution in [2.24, 2.45) is 0 Å². The van der Waals surface area contributed by atoms with Crippen molar-refractivity contribution in [2.45, 2.75) is 43.9 Å². The molecule has 21 heavy (non-hydrogen) atoms. The van der Waals surface area contributed by atoms with Gasteiger partial charge in [0.05, 0.1) is 0 Å². The van der Waals surface area contributed by atoms with Crippen molar-refractivity contribution >= 4 is 17.7 Å². The molecule has 3 heteroatoms. The molecule has 112 valence electrons. The van der Waals surface area contributed by atoms with Crippen molar-refractivity contribution in [3.05, 3.63) is 47.4 Å². The average Bonchev–Trinajstić information content (AvgIpc) is 2.43. The molecule has 2 rings (SSSR count). The molecule has 1 heterocycles. The molecule has 0 aliphatic rings. The Balaban J connectivity index is 2.62. The summed E-state index contributed by atoms with van der Waals surface area (Å²) in [5.74, 6) is 5.27. The first kappa shape index (κ1) is 11.4. The number of rotatable bonds is 3. The van der Waals surface area contributed by atoms with Crippen LogP contribution < -0.4 is 4.40 Å². The van der Waals surface area contributed by atoms with Crippen LogP contribution in [0.2, 0.25) is 17.3 Å². The zero-order valence-electron chi connectivity index (χ0n) is 17.2. The second kappa shape index (κ2) is 5.92. The van der Waals surface area contributed by atoms with Gasteiger partial charge in [-0.1, -0.05) is 0 Å². The summed E-state index contributed by atoms with van der Waals surface area (Å²) in [5, 5.41) is 0. The minimum absolute atomic E-state index is 0.0314. The Morgan fingerprint density at radius 2 is 1.95 bits per heavy atom.